The van der Waals surface area contributed by atoms with Crippen molar-refractivity contribution in [1.29, 1.82) is 0 Å². The third-order valence-corrected chi connectivity index (χ3v) is 3.81. The van der Waals surface area contributed by atoms with Crippen LogP contribution in [0, 0.1) is 5.41 Å². The molecule has 1 aliphatic rings. The molecule has 1 heterocycles. The van der Waals surface area contributed by atoms with Gasteiger partial charge in [0.15, 0.2) is 5.96 Å². The molecule has 1 fully saturated rings. The summed E-state index contributed by atoms with van der Waals surface area (Å²) in [5.74, 6) is 1.09. The maximum atomic E-state index is 9.19. The molecule has 0 amide bonds. The highest BCUT2D eigenvalue weighted by atomic mass is 127. The van der Waals surface area contributed by atoms with Crippen molar-refractivity contribution in [2.75, 3.05) is 18.5 Å². The molecule has 1 aromatic heterocycles. The summed E-state index contributed by atoms with van der Waals surface area (Å²) < 4.78 is 0. The summed E-state index contributed by atoms with van der Waals surface area (Å²) in [7, 11) is 0. The van der Waals surface area contributed by atoms with Crippen LogP contribution in [0.1, 0.15) is 32.1 Å². The number of aliphatic hydroxyl groups is 1. The van der Waals surface area contributed by atoms with Gasteiger partial charge < -0.3 is 16.2 Å². The molecular formula is C14H23IN4O. The lowest BCUT2D eigenvalue weighted by Gasteiger charge is -2.26. The molecule has 4 N–H and O–H groups in total. The van der Waals surface area contributed by atoms with Crippen LogP contribution in [-0.2, 0) is 0 Å². The molecule has 1 aliphatic carbocycles. The predicted octanol–water partition coefficient (Wildman–Crippen LogP) is 2.37. The lowest BCUT2D eigenvalue weighted by Crippen LogP contribution is -2.28. The minimum Gasteiger partial charge on any atom is -0.396 e. The van der Waals surface area contributed by atoms with Crippen LogP contribution in [0.3, 0.4) is 0 Å². The van der Waals surface area contributed by atoms with Gasteiger partial charge in [0.05, 0.1) is 0 Å². The number of aromatic nitrogens is 1. The number of anilines is 1. The van der Waals surface area contributed by atoms with E-state index in [0.717, 1.165) is 19.3 Å². The van der Waals surface area contributed by atoms with Crippen LogP contribution in [0.5, 0.6) is 0 Å². The summed E-state index contributed by atoms with van der Waals surface area (Å²) in [6.45, 7) is 0.905. The molecule has 5 nitrogen and oxygen atoms in total. The topological polar surface area (TPSA) is 83.5 Å². The largest absolute Gasteiger partial charge is 0.396 e. The van der Waals surface area contributed by atoms with E-state index in [1.807, 2.05) is 18.2 Å². The van der Waals surface area contributed by atoms with Crippen molar-refractivity contribution in [1.82, 2.24) is 4.98 Å². The Hall–Kier alpha value is -0.890. The van der Waals surface area contributed by atoms with Crippen LogP contribution in [0.2, 0.25) is 0 Å². The smallest absolute Gasteiger partial charge is 0.194 e. The summed E-state index contributed by atoms with van der Waals surface area (Å²) in [6, 6.07) is 5.60. The second kappa shape index (κ2) is 8.41. The summed E-state index contributed by atoms with van der Waals surface area (Å²) in [6.07, 6.45) is 7.24. The fourth-order valence-electron chi connectivity index (χ4n) is 2.71. The lowest BCUT2D eigenvalue weighted by molar-refractivity contribution is 0.191. The minimum absolute atomic E-state index is 0. The fourth-order valence-corrected chi connectivity index (χ4v) is 2.71. The van der Waals surface area contributed by atoms with E-state index in [1.165, 1.54) is 12.8 Å². The SMILES string of the molecule is I.NC(=NCC1(CCO)CCCC1)Nc1ccccn1. The van der Waals surface area contributed by atoms with E-state index in [4.69, 9.17) is 5.73 Å². The fraction of sp³-hybridized carbons (Fsp3) is 0.571. The van der Waals surface area contributed by atoms with Gasteiger partial charge in [-0.2, -0.15) is 0 Å². The number of nitrogens with zero attached hydrogens (tertiary/aromatic N) is 2. The highest BCUT2D eigenvalue weighted by Gasteiger charge is 2.32. The molecule has 0 saturated heterocycles. The van der Waals surface area contributed by atoms with Gasteiger partial charge in [0.25, 0.3) is 0 Å². The molecule has 2 rings (SSSR count). The molecule has 0 bridgehead atoms. The molecule has 1 aromatic rings. The van der Waals surface area contributed by atoms with Crippen molar-refractivity contribution in [3.8, 4) is 0 Å². The quantitative estimate of drug-likeness (QED) is 0.410. The first kappa shape index (κ1) is 17.2. The minimum atomic E-state index is 0. The van der Waals surface area contributed by atoms with Crippen LogP contribution >= 0.6 is 24.0 Å². The maximum absolute atomic E-state index is 9.19. The van der Waals surface area contributed by atoms with Gasteiger partial charge in [0, 0.05) is 19.3 Å². The number of nitrogens with one attached hydrogen (secondary N) is 1. The number of rotatable bonds is 5. The van der Waals surface area contributed by atoms with Crippen LogP contribution in [0.15, 0.2) is 29.4 Å². The average molecular weight is 390 g/mol. The van der Waals surface area contributed by atoms with Crippen molar-refractivity contribution < 1.29 is 5.11 Å². The van der Waals surface area contributed by atoms with Crippen LogP contribution < -0.4 is 11.1 Å². The zero-order chi connectivity index (χ0) is 13.6. The van der Waals surface area contributed by atoms with Crippen LogP contribution in [0.4, 0.5) is 5.82 Å². The zero-order valence-electron chi connectivity index (χ0n) is 11.6. The van der Waals surface area contributed by atoms with Crippen molar-refractivity contribution in [3.05, 3.63) is 24.4 Å². The molecule has 1 saturated carbocycles. The van der Waals surface area contributed by atoms with Gasteiger partial charge in [0.2, 0.25) is 0 Å². The number of guanidine groups is 1. The van der Waals surface area contributed by atoms with Gasteiger partial charge in [-0.3, -0.25) is 4.99 Å². The Morgan fingerprint density at radius 1 is 1.40 bits per heavy atom. The normalized spacial score (nSPS) is 17.6. The Kier molecular flexibility index (Phi) is 7.22. The number of hydrogen-bond acceptors (Lipinski definition) is 3. The number of pyridine rings is 1. The van der Waals surface area contributed by atoms with Gasteiger partial charge in [0.1, 0.15) is 5.82 Å². The summed E-state index contributed by atoms with van der Waals surface area (Å²) >= 11 is 0. The van der Waals surface area contributed by atoms with Crippen molar-refractivity contribution in [2.45, 2.75) is 32.1 Å². The lowest BCUT2D eigenvalue weighted by atomic mass is 9.83. The second-order valence-corrected chi connectivity index (χ2v) is 5.22. The first-order valence-electron chi connectivity index (χ1n) is 6.83. The molecular weight excluding hydrogens is 367 g/mol. The van der Waals surface area contributed by atoms with E-state index in [2.05, 4.69) is 15.3 Å². The summed E-state index contributed by atoms with van der Waals surface area (Å²) in [5, 5.41) is 12.2. The molecule has 0 aliphatic heterocycles. The van der Waals surface area contributed by atoms with Crippen LogP contribution in [0.25, 0.3) is 0 Å². The molecule has 0 unspecified atom stereocenters. The summed E-state index contributed by atoms with van der Waals surface area (Å²) in [5.41, 5.74) is 6.02. The number of nitrogens with two attached hydrogens (primary N) is 1. The third kappa shape index (κ3) is 4.90. The number of hydrogen-bond donors (Lipinski definition) is 3. The average Bonchev–Trinajstić information content (AvgIpc) is 2.87. The van der Waals surface area contributed by atoms with Crippen molar-refractivity contribution in [2.24, 2.45) is 16.1 Å². The first-order chi connectivity index (χ1) is 9.24. The molecule has 0 spiro atoms. The second-order valence-electron chi connectivity index (χ2n) is 5.22. The van der Waals surface area contributed by atoms with Gasteiger partial charge in [-0.1, -0.05) is 18.9 Å². The molecule has 6 heteroatoms. The Bertz CT molecular complexity index is 418. The maximum Gasteiger partial charge on any atom is 0.194 e. The third-order valence-electron chi connectivity index (χ3n) is 3.81. The van der Waals surface area contributed by atoms with Crippen molar-refractivity contribution >= 4 is 35.8 Å². The predicted molar refractivity (Wildman–Crippen MR) is 92.4 cm³/mol. The van der Waals surface area contributed by atoms with E-state index in [0.29, 0.717) is 18.3 Å². The number of aliphatic imine (C=N–C) groups is 1. The Morgan fingerprint density at radius 3 is 2.75 bits per heavy atom. The Balaban J connectivity index is 0.00000200. The molecule has 20 heavy (non-hydrogen) atoms. The van der Waals surface area contributed by atoms with Gasteiger partial charge >= 0.3 is 0 Å². The molecule has 0 aromatic carbocycles. The summed E-state index contributed by atoms with van der Waals surface area (Å²) in [4.78, 5) is 8.56. The van der Waals surface area contributed by atoms with E-state index in [9.17, 15) is 5.11 Å². The molecule has 0 radical (unpaired) electrons. The van der Waals surface area contributed by atoms with E-state index >= 15 is 0 Å². The number of aliphatic hydroxyl groups excluding tert-OH is 1. The van der Waals surface area contributed by atoms with E-state index in [1.54, 1.807) is 6.20 Å². The van der Waals surface area contributed by atoms with E-state index in [-0.39, 0.29) is 36.0 Å². The zero-order valence-corrected chi connectivity index (χ0v) is 13.9. The van der Waals surface area contributed by atoms with Gasteiger partial charge in [-0.05, 0) is 36.8 Å². The Labute approximate surface area is 137 Å². The number of halogens is 1. The van der Waals surface area contributed by atoms with E-state index < -0.39 is 0 Å². The van der Waals surface area contributed by atoms with Gasteiger partial charge in [-0.25, -0.2) is 4.98 Å². The highest BCUT2D eigenvalue weighted by Crippen LogP contribution is 2.41. The molecule has 112 valence electrons. The first-order valence-corrected chi connectivity index (χ1v) is 6.83. The van der Waals surface area contributed by atoms with Crippen molar-refractivity contribution in [3.63, 3.8) is 0 Å². The van der Waals surface area contributed by atoms with Gasteiger partial charge in [-0.15, -0.1) is 24.0 Å². The highest BCUT2D eigenvalue weighted by molar-refractivity contribution is 14.0. The monoisotopic (exact) mass is 390 g/mol. The Morgan fingerprint density at radius 2 is 2.15 bits per heavy atom. The van der Waals surface area contributed by atoms with Crippen LogP contribution in [-0.4, -0.2) is 29.2 Å². The standard InChI is InChI=1S/C14H22N4O.HI/c15-13(18-12-5-1-4-9-16-12)17-11-14(8-10-19)6-2-3-7-14;/h1,4-5,9,19H,2-3,6-8,10-11H2,(H3,15,16,17,18);1H. The molecule has 0 atom stereocenters.